The van der Waals surface area contributed by atoms with Gasteiger partial charge in [-0.3, -0.25) is 0 Å². The van der Waals surface area contributed by atoms with Gasteiger partial charge in [0, 0.05) is 25.6 Å². The second kappa shape index (κ2) is 4.86. The third kappa shape index (κ3) is 2.86. The number of fused-ring (bicyclic) bond motifs is 1. The van der Waals surface area contributed by atoms with E-state index >= 15 is 0 Å². The van der Waals surface area contributed by atoms with Gasteiger partial charge in [0.05, 0.1) is 10.2 Å². The third-order valence-corrected chi connectivity index (χ3v) is 3.70. The average Bonchev–Trinajstić information content (AvgIpc) is 2.64. The van der Waals surface area contributed by atoms with E-state index < -0.39 is 11.9 Å². The summed E-state index contributed by atoms with van der Waals surface area (Å²) in [5.41, 5.74) is -0.412. The fraction of sp³-hybridized carbons (Fsp3) is 0.538. The number of aromatic nitrogens is 3. The quantitative estimate of drug-likeness (QED) is 0.769. The van der Waals surface area contributed by atoms with E-state index in [0.29, 0.717) is 16.0 Å². The summed E-state index contributed by atoms with van der Waals surface area (Å²) in [7, 11) is 3.34. The predicted octanol–water partition coefficient (Wildman–Crippen LogP) is 3.87. The number of rotatable bonds is 1. The lowest BCUT2D eigenvalue weighted by Gasteiger charge is -2.16. The van der Waals surface area contributed by atoms with Gasteiger partial charge in [-0.25, -0.2) is 4.98 Å². The van der Waals surface area contributed by atoms with Crippen molar-refractivity contribution in [2.24, 2.45) is 0 Å². The molecule has 116 valence electrons. The van der Waals surface area contributed by atoms with Crippen molar-refractivity contribution in [3.8, 4) is 0 Å². The minimum atomic E-state index is -4.50. The highest BCUT2D eigenvalue weighted by atomic mass is 79.9. The molecule has 0 saturated heterocycles. The maximum atomic E-state index is 13.0. The zero-order chi connectivity index (χ0) is 16.2. The monoisotopic (exact) mass is 364 g/mol. The second-order valence-corrected chi connectivity index (χ2v) is 6.83. The summed E-state index contributed by atoms with van der Waals surface area (Å²) in [6.07, 6.45) is -4.50. The van der Waals surface area contributed by atoms with Crippen molar-refractivity contribution in [3.63, 3.8) is 0 Å². The Morgan fingerprint density at radius 3 is 2.19 bits per heavy atom. The first-order valence-electron chi connectivity index (χ1n) is 6.27. The smallest absolute Gasteiger partial charge is 0.363 e. The van der Waals surface area contributed by atoms with Gasteiger partial charge >= 0.3 is 6.18 Å². The highest BCUT2D eigenvalue weighted by Crippen LogP contribution is 2.36. The average molecular weight is 365 g/mol. The molecule has 2 rings (SSSR count). The van der Waals surface area contributed by atoms with Crippen LogP contribution < -0.4 is 4.90 Å². The third-order valence-electron chi connectivity index (χ3n) is 2.97. The molecule has 21 heavy (non-hydrogen) atoms. The van der Waals surface area contributed by atoms with E-state index in [9.17, 15) is 13.2 Å². The summed E-state index contributed by atoms with van der Waals surface area (Å²) in [5.74, 6) is 0.323. The first-order chi connectivity index (χ1) is 9.43. The van der Waals surface area contributed by atoms with Gasteiger partial charge in [0.25, 0.3) is 0 Å². The fourth-order valence-electron chi connectivity index (χ4n) is 1.92. The molecule has 8 heteroatoms. The summed E-state index contributed by atoms with van der Waals surface area (Å²) >= 11 is 3.34. The van der Waals surface area contributed by atoms with Crippen LogP contribution in [0.4, 0.5) is 19.0 Å². The van der Waals surface area contributed by atoms with Crippen LogP contribution in [0.2, 0.25) is 0 Å². The summed E-state index contributed by atoms with van der Waals surface area (Å²) in [5, 5.41) is 4.43. The molecule has 2 aromatic rings. The van der Waals surface area contributed by atoms with Gasteiger partial charge in [0.1, 0.15) is 5.82 Å². The van der Waals surface area contributed by atoms with Gasteiger partial charge in [-0.1, -0.05) is 20.8 Å². The van der Waals surface area contributed by atoms with Crippen molar-refractivity contribution in [3.05, 3.63) is 21.9 Å². The Labute approximate surface area is 129 Å². The molecule has 2 aromatic heterocycles. The Hall–Kier alpha value is -1.31. The highest BCUT2D eigenvalue weighted by molar-refractivity contribution is 9.10. The first-order valence-corrected chi connectivity index (χ1v) is 7.06. The summed E-state index contributed by atoms with van der Waals surface area (Å²) in [4.78, 5) is 5.30. The molecule has 0 fully saturated rings. The molecule has 0 atom stereocenters. The molecule has 2 heterocycles. The largest absolute Gasteiger partial charge is 0.433 e. The minimum Gasteiger partial charge on any atom is -0.363 e. The molecule has 0 saturated carbocycles. The maximum absolute atomic E-state index is 13.0. The van der Waals surface area contributed by atoms with Crippen LogP contribution in [0.1, 0.15) is 32.2 Å². The standard InChI is InChI=1S/C13H16BrF3N4/c1-12(2,3)10-9(14)11-18-7(13(15,16)17)6-8(20(4)5)21(11)19-10/h6H,1-5H3. The van der Waals surface area contributed by atoms with Crippen LogP contribution in [0.3, 0.4) is 0 Å². The van der Waals surface area contributed by atoms with Crippen LogP contribution in [0.25, 0.3) is 5.65 Å². The summed E-state index contributed by atoms with van der Waals surface area (Å²) in [6, 6.07) is 0.999. The number of hydrogen-bond donors (Lipinski definition) is 0. The maximum Gasteiger partial charge on any atom is 0.433 e. The van der Waals surface area contributed by atoms with Crippen LogP contribution in [0, 0.1) is 0 Å². The zero-order valence-corrected chi connectivity index (χ0v) is 14.0. The predicted molar refractivity (Wildman–Crippen MR) is 78.7 cm³/mol. The number of anilines is 1. The van der Waals surface area contributed by atoms with Crippen molar-refractivity contribution in [2.75, 3.05) is 19.0 Å². The molecule has 0 unspecified atom stereocenters. The Balaban J connectivity index is 2.86. The molecule has 0 amide bonds. The van der Waals surface area contributed by atoms with Crippen molar-refractivity contribution in [1.29, 1.82) is 0 Å². The molecule has 0 aliphatic heterocycles. The van der Waals surface area contributed by atoms with Gasteiger partial charge in [-0.15, -0.1) is 0 Å². The van der Waals surface area contributed by atoms with Gasteiger partial charge in [-0.2, -0.15) is 22.8 Å². The van der Waals surface area contributed by atoms with E-state index in [0.717, 1.165) is 6.07 Å². The van der Waals surface area contributed by atoms with E-state index in [1.54, 1.807) is 19.0 Å². The van der Waals surface area contributed by atoms with E-state index in [2.05, 4.69) is 26.0 Å². The van der Waals surface area contributed by atoms with Gasteiger partial charge in [-0.05, 0) is 15.9 Å². The molecule has 4 nitrogen and oxygen atoms in total. The van der Waals surface area contributed by atoms with Crippen molar-refractivity contribution in [2.45, 2.75) is 32.4 Å². The lowest BCUT2D eigenvalue weighted by atomic mass is 9.92. The highest BCUT2D eigenvalue weighted by Gasteiger charge is 2.35. The van der Waals surface area contributed by atoms with Crippen LogP contribution in [0.5, 0.6) is 0 Å². The molecule has 0 N–H and O–H groups in total. The Morgan fingerprint density at radius 2 is 1.76 bits per heavy atom. The van der Waals surface area contributed by atoms with Gasteiger partial charge in [0.2, 0.25) is 0 Å². The van der Waals surface area contributed by atoms with Crippen LogP contribution >= 0.6 is 15.9 Å². The molecular weight excluding hydrogens is 349 g/mol. The van der Waals surface area contributed by atoms with Crippen LogP contribution in [-0.2, 0) is 11.6 Å². The van der Waals surface area contributed by atoms with Crippen LogP contribution in [0.15, 0.2) is 10.5 Å². The second-order valence-electron chi connectivity index (χ2n) is 6.04. The zero-order valence-electron chi connectivity index (χ0n) is 12.4. The number of alkyl halides is 3. The lowest BCUT2D eigenvalue weighted by Crippen LogP contribution is -2.18. The number of halogens is 4. The van der Waals surface area contributed by atoms with Crippen molar-refractivity contribution >= 4 is 27.4 Å². The summed E-state index contributed by atoms with van der Waals surface area (Å²) < 4.78 is 40.9. The number of hydrogen-bond acceptors (Lipinski definition) is 3. The SMILES string of the molecule is CN(C)c1cc(C(F)(F)F)nc2c(Br)c(C(C)(C)C)nn12. The van der Waals surface area contributed by atoms with Gasteiger partial charge in [0.15, 0.2) is 11.3 Å². The van der Waals surface area contributed by atoms with Crippen molar-refractivity contribution in [1.82, 2.24) is 14.6 Å². The normalized spacial score (nSPS) is 13.0. The molecule has 0 aliphatic rings. The minimum absolute atomic E-state index is 0.165. The van der Waals surface area contributed by atoms with E-state index in [-0.39, 0.29) is 11.1 Å². The fourth-order valence-corrected chi connectivity index (χ4v) is 2.85. The lowest BCUT2D eigenvalue weighted by molar-refractivity contribution is -0.141. The Bertz CT molecular complexity index is 683. The summed E-state index contributed by atoms with van der Waals surface area (Å²) in [6.45, 7) is 5.83. The van der Waals surface area contributed by atoms with E-state index in [1.165, 1.54) is 4.52 Å². The van der Waals surface area contributed by atoms with Crippen LogP contribution in [-0.4, -0.2) is 28.7 Å². The molecule has 0 aromatic carbocycles. The Morgan fingerprint density at radius 1 is 1.19 bits per heavy atom. The molecular formula is C13H16BrF3N4. The molecule has 0 spiro atoms. The van der Waals surface area contributed by atoms with E-state index in [1.807, 2.05) is 20.8 Å². The first kappa shape index (κ1) is 16.1. The van der Waals surface area contributed by atoms with E-state index in [4.69, 9.17) is 0 Å². The molecule has 0 bridgehead atoms. The number of nitrogens with zero attached hydrogens (tertiary/aromatic N) is 4. The Kier molecular flexibility index (Phi) is 3.72. The molecule has 0 radical (unpaired) electrons. The molecule has 0 aliphatic carbocycles. The topological polar surface area (TPSA) is 33.4 Å². The van der Waals surface area contributed by atoms with Crippen molar-refractivity contribution < 1.29 is 13.2 Å². The van der Waals surface area contributed by atoms with Gasteiger partial charge < -0.3 is 4.90 Å².